The number of benzene rings is 1. The maximum absolute atomic E-state index is 13.0. The van der Waals surface area contributed by atoms with E-state index in [2.05, 4.69) is 20.4 Å². The molecule has 6 heteroatoms. The highest BCUT2D eigenvalue weighted by atomic mass is 16.5. The van der Waals surface area contributed by atoms with Gasteiger partial charge in [-0.3, -0.25) is 14.5 Å². The third-order valence-corrected chi connectivity index (χ3v) is 4.51. The molecule has 1 aromatic carbocycles. The average Bonchev–Trinajstić information content (AvgIpc) is 2.92. The molecule has 2 amide bonds. The van der Waals surface area contributed by atoms with E-state index in [1.807, 2.05) is 29.2 Å². The highest BCUT2D eigenvalue weighted by Crippen LogP contribution is 2.32. The summed E-state index contributed by atoms with van der Waals surface area (Å²) in [7, 11) is 0. The van der Waals surface area contributed by atoms with Crippen molar-refractivity contribution in [2.75, 3.05) is 39.5 Å². The molecule has 6 nitrogen and oxygen atoms in total. The summed E-state index contributed by atoms with van der Waals surface area (Å²) in [6, 6.07) is 7.37. The van der Waals surface area contributed by atoms with Gasteiger partial charge in [0.15, 0.2) is 0 Å². The van der Waals surface area contributed by atoms with Crippen molar-refractivity contribution in [2.45, 2.75) is 13.8 Å². The van der Waals surface area contributed by atoms with Crippen molar-refractivity contribution in [2.24, 2.45) is 5.92 Å². The summed E-state index contributed by atoms with van der Waals surface area (Å²) in [6.07, 6.45) is 1.57. The first-order valence-corrected chi connectivity index (χ1v) is 9.30. The zero-order chi connectivity index (χ0) is 19.4. The molecule has 0 unspecified atom stereocenters. The van der Waals surface area contributed by atoms with E-state index in [4.69, 9.17) is 9.47 Å². The van der Waals surface area contributed by atoms with Gasteiger partial charge in [-0.25, -0.2) is 0 Å². The van der Waals surface area contributed by atoms with Crippen LogP contribution in [0.25, 0.3) is 5.57 Å². The molecule has 1 saturated heterocycles. The van der Waals surface area contributed by atoms with E-state index in [1.54, 1.807) is 6.08 Å². The van der Waals surface area contributed by atoms with Gasteiger partial charge in [0.1, 0.15) is 11.4 Å². The van der Waals surface area contributed by atoms with Gasteiger partial charge in [-0.15, -0.1) is 6.58 Å². The van der Waals surface area contributed by atoms with E-state index in [0.29, 0.717) is 50.1 Å². The van der Waals surface area contributed by atoms with E-state index in [-0.39, 0.29) is 18.4 Å². The fourth-order valence-electron chi connectivity index (χ4n) is 3.18. The van der Waals surface area contributed by atoms with Crippen molar-refractivity contribution in [3.8, 4) is 5.75 Å². The van der Waals surface area contributed by atoms with Gasteiger partial charge >= 0.3 is 0 Å². The Labute approximate surface area is 160 Å². The molecule has 0 N–H and O–H groups in total. The molecule has 0 aliphatic carbocycles. The maximum atomic E-state index is 13.0. The Balaban J connectivity index is 1.94. The largest absolute Gasteiger partial charge is 0.493 e. The third kappa shape index (κ3) is 4.06. The Morgan fingerprint density at radius 3 is 2.41 bits per heavy atom. The van der Waals surface area contributed by atoms with Gasteiger partial charge in [0, 0.05) is 19.6 Å². The molecule has 2 aliphatic heterocycles. The highest BCUT2D eigenvalue weighted by Gasteiger charge is 2.41. The second-order valence-corrected chi connectivity index (χ2v) is 7.06. The Bertz CT molecular complexity index is 746. The number of carbonyl (C=O) groups excluding carboxylic acids is 2. The maximum Gasteiger partial charge on any atom is 0.278 e. The number of morpholine rings is 1. The first-order chi connectivity index (χ1) is 13.0. The number of hydrogen-bond acceptors (Lipinski definition) is 5. The van der Waals surface area contributed by atoms with Gasteiger partial charge in [-0.2, -0.15) is 0 Å². The van der Waals surface area contributed by atoms with Crippen molar-refractivity contribution < 1.29 is 19.1 Å². The van der Waals surface area contributed by atoms with Crippen LogP contribution in [0.2, 0.25) is 0 Å². The molecule has 1 fully saturated rings. The molecule has 0 aromatic heterocycles. The van der Waals surface area contributed by atoms with Gasteiger partial charge < -0.3 is 14.4 Å². The molecule has 0 bridgehead atoms. The number of ether oxygens (including phenoxy) is 2. The van der Waals surface area contributed by atoms with E-state index in [9.17, 15) is 9.59 Å². The summed E-state index contributed by atoms with van der Waals surface area (Å²) in [5.74, 6) is 0.636. The molecule has 0 radical (unpaired) electrons. The molecule has 144 valence electrons. The molecule has 0 saturated carbocycles. The fourth-order valence-corrected chi connectivity index (χ4v) is 3.18. The predicted octanol–water partition coefficient (Wildman–Crippen LogP) is 2.32. The Morgan fingerprint density at radius 1 is 1.15 bits per heavy atom. The van der Waals surface area contributed by atoms with Crippen LogP contribution in [-0.2, 0) is 14.3 Å². The zero-order valence-electron chi connectivity index (χ0n) is 15.9. The molecule has 27 heavy (non-hydrogen) atoms. The minimum absolute atomic E-state index is 0.199. The molecule has 1 aromatic rings. The van der Waals surface area contributed by atoms with Gasteiger partial charge in [0.05, 0.1) is 25.4 Å². The summed E-state index contributed by atoms with van der Waals surface area (Å²) in [5, 5.41) is 0. The van der Waals surface area contributed by atoms with Crippen LogP contribution in [0.3, 0.4) is 0 Å². The molecular weight excluding hydrogens is 344 g/mol. The molecule has 2 heterocycles. The predicted molar refractivity (Wildman–Crippen MR) is 103 cm³/mol. The van der Waals surface area contributed by atoms with Crippen LogP contribution in [0.4, 0.5) is 0 Å². The van der Waals surface area contributed by atoms with Crippen LogP contribution < -0.4 is 4.74 Å². The Hall–Kier alpha value is -2.60. The molecule has 3 rings (SSSR count). The van der Waals surface area contributed by atoms with Gasteiger partial charge in [0.2, 0.25) is 0 Å². The first-order valence-electron chi connectivity index (χ1n) is 9.30. The Kier molecular flexibility index (Phi) is 5.96. The fraction of sp³-hybridized carbons (Fsp3) is 0.429. The standard InChI is InChI=1S/C21H26N2O4/c1-4-9-23-20(24)18(19(21(23)25)22-10-12-26-13-11-22)16-5-7-17(8-6-16)27-14-15(2)3/h4-8,15H,1,9-14H2,2-3H3. The molecular formula is C21H26N2O4. The third-order valence-electron chi connectivity index (χ3n) is 4.51. The lowest BCUT2D eigenvalue weighted by Gasteiger charge is -2.29. The van der Waals surface area contributed by atoms with Crippen LogP contribution in [-0.4, -0.2) is 61.1 Å². The monoisotopic (exact) mass is 370 g/mol. The minimum atomic E-state index is -0.280. The number of amides is 2. The van der Waals surface area contributed by atoms with Gasteiger partial charge in [0.25, 0.3) is 11.8 Å². The highest BCUT2D eigenvalue weighted by molar-refractivity contribution is 6.35. The minimum Gasteiger partial charge on any atom is -0.493 e. The Morgan fingerprint density at radius 2 is 1.81 bits per heavy atom. The van der Waals surface area contributed by atoms with Crippen LogP contribution in [0.1, 0.15) is 19.4 Å². The number of hydrogen-bond donors (Lipinski definition) is 0. The molecule has 2 aliphatic rings. The summed E-state index contributed by atoms with van der Waals surface area (Å²) >= 11 is 0. The summed E-state index contributed by atoms with van der Waals surface area (Å²) < 4.78 is 11.1. The summed E-state index contributed by atoms with van der Waals surface area (Å²) in [6.45, 7) is 10.9. The van der Waals surface area contributed by atoms with Gasteiger partial charge in [-0.1, -0.05) is 32.1 Å². The molecule has 0 atom stereocenters. The van der Waals surface area contributed by atoms with E-state index in [1.165, 1.54) is 4.90 Å². The quantitative estimate of drug-likeness (QED) is 0.545. The average molecular weight is 370 g/mol. The smallest absolute Gasteiger partial charge is 0.278 e. The number of imide groups is 1. The lowest BCUT2D eigenvalue weighted by Crippen LogP contribution is -2.40. The second-order valence-electron chi connectivity index (χ2n) is 7.06. The second kappa shape index (κ2) is 8.39. The topological polar surface area (TPSA) is 59.1 Å². The SMILES string of the molecule is C=CCN1C(=O)C(c2ccc(OCC(C)C)cc2)=C(N2CCOCC2)C1=O. The van der Waals surface area contributed by atoms with Crippen molar-refractivity contribution in [1.29, 1.82) is 0 Å². The van der Waals surface area contributed by atoms with E-state index < -0.39 is 0 Å². The van der Waals surface area contributed by atoms with Crippen molar-refractivity contribution in [1.82, 2.24) is 9.80 Å². The van der Waals surface area contributed by atoms with Crippen molar-refractivity contribution in [3.05, 3.63) is 48.2 Å². The number of rotatable bonds is 7. The summed E-state index contributed by atoms with van der Waals surface area (Å²) in [5.41, 5.74) is 1.62. The summed E-state index contributed by atoms with van der Waals surface area (Å²) in [4.78, 5) is 29.1. The van der Waals surface area contributed by atoms with Gasteiger partial charge in [-0.05, 0) is 23.6 Å². The van der Waals surface area contributed by atoms with Crippen LogP contribution in [0.15, 0.2) is 42.6 Å². The van der Waals surface area contributed by atoms with E-state index in [0.717, 1.165) is 11.3 Å². The molecule has 0 spiro atoms. The number of nitrogens with zero attached hydrogens (tertiary/aromatic N) is 2. The lowest BCUT2D eigenvalue weighted by molar-refractivity contribution is -0.137. The lowest BCUT2D eigenvalue weighted by atomic mass is 10.0. The van der Waals surface area contributed by atoms with Crippen LogP contribution >= 0.6 is 0 Å². The first kappa shape index (κ1) is 19.2. The van der Waals surface area contributed by atoms with E-state index >= 15 is 0 Å². The van der Waals surface area contributed by atoms with Crippen molar-refractivity contribution >= 4 is 17.4 Å². The number of carbonyl (C=O) groups is 2. The normalized spacial score (nSPS) is 17.9. The van der Waals surface area contributed by atoms with Crippen molar-refractivity contribution in [3.63, 3.8) is 0 Å². The van der Waals surface area contributed by atoms with Crippen LogP contribution in [0.5, 0.6) is 5.75 Å². The zero-order valence-corrected chi connectivity index (χ0v) is 15.9. The van der Waals surface area contributed by atoms with Crippen LogP contribution in [0, 0.1) is 5.92 Å².